The summed E-state index contributed by atoms with van der Waals surface area (Å²) < 4.78 is 40.6. The predicted octanol–water partition coefficient (Wildman–Crippen LogP) is 2.82. The first-order valence-electron chi connectivity index (χ1n) is 6.16. The van der Waals surface area contributed by atoms with Crippen molar-refractivity contribution < 1.29 is 22.7 Å². The van der Waals surface area contributed by atoms with Crippen LogP contribution in [-0.2, 0) is 14.8 Å². The Hall–Kier alpha value is -0.990. The molecule has 0 aliphatic rings. The van der Waals surface area contributed by atoms with Crippen molar-refractivity contribution in [3.05, 3.63) is 28.0 Å². The number of aryl methyl sites for hydroxylation is 1. The number of rotatable bonds is 6. The van der Waals surface area contributed by atoms with Crippen LogP contribution in [0.2, 0.25) is 0 Å². The Morgan fingerprint density at radius 1 is 1.43 bits per heavy atom. The van der Waals surface area contributed by atoms with Crippen LogP contribution in [-0.4, -0.2) is 25.0 Å². The molecule has 118 valence electrons. The van der Waals surface area contributed by atoms with Crippen molar-refractivity contribution in [2.45, 2.75) is 44.0 Å². The van der Waals surface area contributed by atoms with E-state index in [1.54, 1.807) is 13.8 Å². The summed E-state index contributed by atoms with van der Waals surface area (Å²) >= 11 is 2.96. The zero-order valence-corrected chi connectivity index (χ0v) is 14.3. The summed E-state index contributed by atoms with van der Waals surface area (Å²) in [6, 6.07) is 2.32. The largest absolute Gasteiger partial charge is 0.481 e. The van der Waals surface area contributed by atoms with Crippen LogP contribution in [0.3, 0.4) is 0 Å². The molecule has 21 heavy (non-hydrogen) atoms. The standard InChI is InChI=1S/C13H17BrFNO4S/c1-8-6-10(15)9(14)7-11(8)21(19,20)16-13(2,3)5-4-12(17)18/h6-7,16H,4-5H2,1-3H3,(H,17,18). The third-order valence-electron chi connectivity index (χ3n) is 2.88. The lowest BCUT2D eigenvalue weighted by atomic mass is 10.0. The van der Waals surface area contributed by atoms with Gasteiger partial charge in [0.25, 0.3) is 0 Å². The lowest BCUT2D eigenvalue weighted by Crippen LogP contribution is -2.43. The van der Waals surface area contributed by atoms with Crippen LogP contribution in [0.4, 0.5) is 4.39 Å². The molecule has 0 aliphatic heterocycles. The van der Waals surface area contributed by atoms with Gasteiger partial charge in [-0.1, -0.05) is 0 Å². The van der Waals surface area contributed by atoms with Crippen molar-refractivity contribution in [1.29, 1.82) is 0 Å². The van der Waals surface area contributed by atoms with E-state index >= 15 is 0 Å². The molecule has 0 spiro atoms. The number of sulfonamides is 1. The molecule has 0 saturated carbocycles. The number of carbonyl (C=O) groups is 1. The number of nitrogens with one attached hydrogen (secondary N) is 1. The van der Waals surface area contributed by atoms with Gasteiger partial charge in [-0.15, -0.1) is 0 Å². The Labute approximate surface area is 131 Å². The van der Waals surface area contributed by atoms with Gasteiger partial charge in [-0.3, -0.25) is 4.79 Å². The molecule has 1 aromatic rings. The smallest absolute Gasteiger partial charge is 0.303 e. The zero-order valence-electron chi connectivity index (χ0n) is 11.9. The molecule has 8 heteroatoms. The summed E-state index contributed by atoms with van der Waals surface area (Å²) in [6.07, 6.45) is -0.00934. The Bertz CT molecular complexity index is 658. The van der Waals surface area contributed by atoms with Gasteiger partial charge in [0.05, 0.1) is 9.37 Å². The quantitative estimate of drug-likeness (QED) is 0.793. The average Bonchev–Trinajstić information content (AvgIpc) is 2.30. The van der Waals surface area contributed by atoms with Crippen molar-refractivity contribution in [3.8, 4) is 0 Å². The summed E-state index contributed by atoms with van der Waals surface area (Å²) in [4.78, 5) is 10.6. The molecular weight excluding hydrogens is 365 g/mol. The molecule has 0 unspecified atom stereocenters. The third kappa shape index (κ3) is 5.05. The molecule has 0 aliphatic carbocycles. The molecule has 0 atom stereocenters. The number of hydrogen-bond donors (Lipinski definition) is 2. The third-order valence-corrected chi connectivity index (χ3v) is 5.33. The van der Waals surface area contributed by atoms with E-state index in [1.165, 1.54) is 13.0 Å². The number of carboxylic acids is 1. The molecule has 1 aromatic carbocycles. The van der Waals surface area contributed by atoms with E-state index in [4.69, 9.17) is 5.11 Å². The topological polar surface area (TPSA) is 83.5 Å². The second-order valence-corrected chi connectivity index (χ2v) is 7.92. The summed E-state index contributed by atoms with van der Waals surface area (Å²) in [5.74, 6) is -1.54. The molecule has 0 amide bonds. The van der Waals surface area contributed by atoms with Crippen molar-refractivity contribution >= 4 is 31.9 Å². The fourth-order valence-corrected chi connectivity index (χ4v) is 4.00. The number of benzene rings is 1. The van der Waals surface area contributed by atoms with Crippen LogP contribution < -0.4 is 4.72 Å². The van der Waals surface area contributed by atoms with Crippen LogP contribution in [0.25, 0.3) is 0 Å². The van der Waals surface area contributed by atoms with E-state index in [2.05, 4.69) is 20.7 Å². The van der Waals surface area contributed by atoms with Gasteiger partial charge < -0.3 is 5.11 Å². The minimum absolute atomic E-state index is 0.0424. The van der Waals surface area contributed by atoms with Crippen molar-refractivity contribution in [2.75, 3.05) is 0 Å². The van der Waals surface area contributed by atoms with Gasteiger partial charge in [0.2, 0.25) is 10.0 Å². The van der Waals surface area contributed by atoms with Crippen LogP contribution in [0.5, 0.6) is 0 Å². The molecule has 5 nitrogen and oxygen atoms in total. The van der Waals surface area contributed by atoms with E-state index in [-0.39, 0.29) is 27.8 Å². The van der Waals surface area contributed by atoms with E-state index in [1.807, 2.05) is 0 Å². The second-order valence-electron chi connectivity index (χ2n) is 5.41. The van der Waals surface area contributed by atoms with Crippen LogP contribution in [0.1, 0.15) is 32.3 Å². The number of carboxylic acid groups (broad SMARTS) is 1. The summed E-state index contributed by atoms with van der Waals surface area (Å²) in [5.41, 5.74) is -0.651. The summed E-state index contributed by atoms with van der Waals surface area (Å²) in [6.45, 7) is 4.69. The molecule has 2 N–H and O–H groups in total. The maximum absolute atomic E-state index is 13.4. The zero-order chi connectivity index (χ0) is 16.4. The fourth-order valence-electron chi connectivity index (χ4n) is 1.81. The molecule has 0 saturated heterocycles. The number of hydrogen-bond acceptors (Lipinski definition) is 3. The molecule has 0 aromatic heterocycles. The predicted molar refractivity (Wildman–Crippen MR) is 80.1 cm³/mol. The van der Waals surface area contributed by atoms with Crippen LogP contribution >= 0.6 is 15.9 Å². The molecule has 0 bridgehead atoms. The van der Waals surface area contributed by atoms with Crippen LogP contribution in [0, 0.1) is 12.7 Å². The monoisotopic (exact) mass is 381 g/mol. The maximum atomic E-state index is 13.4. The lowest BCUT2D eigenvalue weighted by Gasteiger charge is -2.25. The number of aliphatic carboxylic acids is 1. The average molecular weight is 382 g/mol. The Morgan fingerprint density at radius 3 is 2.52 bits per heavy atom. The Kier molecular flexibility index (Phi) is 5.51. The summed E-state index contributed by atoms with van der Waals surface area (Å²) in [5, 5.41) is 8.68. The van der Waals surface area contributed by atoms with Gasteiger partial charge in [-0.2, -0.15) is 0 Å². The van der Waals surface area contributed by atoms with Gasteiger partial charge >= 0.3 is 5.97 Å². The normalized spacial score (nSPS) is 12.4. The molecular formula is C13H17BrFNO4S. The summed E-state index contributed by atoms with van der Waals surface area (Å²) in [7, 11) is -3.88. The van der Waals surface area contributed by atoms with Crippen molar-refractivity contribution in [3.63, 3.8) is 0 Å². The van der Waals surface area contributed by atoms with Crippen molar-refractivity contribution in [2.24, 2.45) is 0 Å². The minimum Gasteiger partial charge on any atom is -0.481 e. The SMILES string of the molecule is Cc1cc(F)c(Br)cc1S(=O)(=O)NC(C)(C)CCC(=O)O. The highest BCUT2D eigenvalue weighted by molar-refractivity contribution is 9.10. The van der Waals surface area contributed by atoms with E-state index in [0.717, 1.165) is 6.07 Å². The molecule has 1 rings (SSSR count). The highest BCUT2D eigenvalue weighted by Crippen LogP contribution is 2.25. The maximum Gasteiger partial charge on any atom is 0.303 e. The first-order chi connectivity index (χ1) is 9.44. The Morgan fingerprint density at radius 2 is 2.00 bits per heavy atom. The first kappa shape index (κ1) is 18.1. The van der Waals surface area contributed by atoms with Gasteiger partial charge in [-0.05, 0) is 60.8 Å². The minimum atomic E-state index is -3.88. The number of halogens is 2. The van der Waals surface area contributed by atoms with E-state index in [0.29, 0.717) is 0 Å². The fraction of sp³-hybridized carbons (Fsp3) is 0.462. The van der Waals surface area contributed by atoms with E-state index in [9.17, 15) is 17.6 Å². The Balaban J connectivity index is 3.07. The van der Waals surface area contributed by atoms with Gasteiger partial charge in [0.1, 0.15) is 5.82 Å². The van der Waals surface area contributed by atoms with Gasteiger partial charge in [0, 0.05) is 12.0 Å². The van der Waals surface area contributed by atoms with Crippen LogP contribution in [0.15, 0.2) is 21.5 Å². The first-order valence-corrected chi connectivity index (χ1v) is 8.44. The van der Waals surface area contributed by atoms with Gasteiger partial charge in [-0.25, -0.2) is 17.5 Å². The molecule has 0 heterocycles. The van der Waals surface area contributed by atoms with Crippen molar-refractivity contribution in [1.82, 2.24) is 4.72 Å². The lowest BCUT2D eigenvalue weighted by molar-refractivity contribution is -0.137. The highest BCUT2D eigenvalue weighted by Gasteiger charge is 2.28. The van der Waals surface area contributed by atoms with E-state index < -0.39 is 27.3 Å². The molecule has 0 fully saturated rings. The molecule has 0 radical (unpaired) electrons. The highest BCUT2D eigenvalue weighted by atomic mass is 79.9. The second kappa shape index (κ2) is 6.41. The van der Waals surface area contributed by atoms with Gasteiger partial charge in [0.15, 0.2) is 0 Å².